The third-order valence-corrected chi connectivity index (χ3v) is 5.08. The van der Waals surface area contributed by atoms with E-state index in [1.165, 1.54) is 0 Å². The van der Waals surface area contributed by atoms with Crippen LogP contribution < -0.4 is 0 Å². The Balaban J connectivity index is 2.09. The molecule has 0 aromatic heterocycles. The van der Waals surface area contributed by atoms with Gasteiger partial charge in [-0.3, -0.25) is 14.4 Å². The Labute approximate surface area is 136 Å². The lowest BCUT2D eigenvalue weighted by Gasteiger charge is -2.20. The van der Waals surface area contributed by atoms with Crippen molar-refractivity contribution in [3.05, 3.63) is 40.0 Å². The highest BCUT2D eigenvalue weighted by Crippen LogP contribution is 2.42. The molecule has 0 spiro atoms. The van der Waals surface area contributed by atoms with Crippen LogP contribution in [0.4, 0.5) is 0 Å². The first-order valence-electron chi connectivity index (χ1n) is 8.28. The lowest BCUT2D eigenvalue weighted by Crippen LogP contribution is -2.27. The van der Waals surface area contributed by atoms with E-state index in [0.29, 0.717) is 40.5 Å². The average Bonchev–Trinajstić information content (AvgIpc) is 3.17. The fourth-order valence-corrected chi connectivity index (χ4v) is 3.38. The minimum absolute atomic E-state index is 0.00348. The van der Waals surface area contributed by atoms with Crippen molar-refractivity contribution in [3.8, 4) is 0 Å². The summed E-state index contributed by atoms with van der Waals surface area (Å²) in [6, 6.07) is 3.72. The van der Waals surface area contributed by atoms with E-state index >= 15 is 0 Å². The number of hydrogen-bond donors (Lipinski definition) is 0. The first kappa shape index (κ1) is 15.9. The molecule has 0 bridgehead atoms. The second kappa shape index (κ2) is 5.55. The number of aryl methyl sites for hydroxylation is 1. The fourth-order valence-electron chi connectivity index (χ4n) is 3.38. The number of hydrogen-bond acceptors (Lipinski definition) is 3. The molecule has 1 aromatic carbocycles. The second-order valence-electron chi connectivity index (χ2n) is 7.23. The molecule has 2 atom stereocenters. The maximum atomic E-state index is 12.7. The summed E-state index contributed by atoms with van der Waals surface area (Å²) in [5.74, 6) is 0.00938. The van der Waals surface area contributed by atoms with Crippen molar-refractivity contribution < 1.29 is 14.4 Å². The molecular formula is C20H22O3. The summed E-state index contributed by atoms with van der Waals surface area (Å²) in [6.07, 6.45) is 3.32. The van der Waals surface area contributed by atoms with E-state index in [2.05, 4.69) is 6.92 Å². The highest BCUT2D eigenvalue weighted by Gasteiger charge is 2.37. The second-order valence-corrected chi connectivity index (χ2v) is 7.23. The largest absolute Gasteiger partial charge is 0.294 e. The number of carbonyl (C=O) groups excluding carboxylic acids is 3. The van der Waals surface area contributed by atoms with Gasteiger partial charge in [0.2, 0.25) is 11.6 Å². The first-order chi connectivity index (χ1) is 10.8. The van der Waals surface area contributed by atoms with Crippen molar-refractivity contribution in [1.29, 1.82) is 0 Å². The Morgan fingerprint density at radius 3 is 2.43 bits per heavy atom. The molecule has 2 aliphatic carbocycles. The summed E-state index contributed by atoms with van der Waals surface area (Å²) in [6.45, 7) is 7.77. The Morgan fingerprint density at radius 1 is 1.22 bits per heavy atom. The van der Waals surface area contributed by atoms with Gasteiger partial charge < -0.3 is 0 Å². The van der Waals surface area contributed by atoms with Crippen LogP contribution in [0.3, 0.4) is 0 Å². The zero-order valence-electron chi connectivity index (χ0n) is 14.1. The molecule has 3 rings (SSSR count). The smallest absolute Gasteiger partial charge is 0.234 e. The van der Waals surface area contributed by atoms with Gasteiger partial charge in [-0.2, -0.15) is 0 Å². The minimum atomic E-state index is -0.526. The predicted octanol–water partition coefficient (Wildman–Crippen LogP) is 4.03. The van der Waals surface area contributed by atoms with Gasteiger partial charge in [0.05, 0.1) is 0 Å². The van der Waals surface area contributed by atoms with Gasteiger partial charge in [-0.05, 0) is 48.3 Å². The topological polar surface area (TPSA) is 51.2 Å². The van der Waals surface area contributed by atoms with Crippen LogP contribution in [0.25, 0.3) is 6.08 Å². The van der Waals surface area contributed by atoms with Crippen LogP contribution in [-0.4, -0.2) is 17.3 Å². The van der Waals surface area contributed by atoms with Gasteiger partial charge in [0.25, 0.3) is 0 Å². The van der Waals surface area contributed by atoms with Crippen molar-refractivity contribution in [3.63, 3.8) is 0 Å². The van der Waals surface area contributed by atoms with Gasteiger partial charge in [-0.25, -0.2) is 0 Å². The van der Waals surface area contributed by atoms with Gasteiger partial charge in [-0.1, -0.05) is 32.9 Å². The number of Topliss-reactive ketones (excluding diaryl/α,β-unsaturated/α-hetero) is 3. The van der Waals surface area contributed by atoms with Crippen LogP contribution in [0.15, 0.2) is 17.7 Å². The van der Waals surface area contributed by atoms with E-state index in [9.17, 15) is 14.4 Å². The van der Waals surface area contributed by atoms with Crippen LogP contribution in [0.1, 0.15) is 65.5 Å². The molecule has 0 heterocycles. The molecule has 1 aromatic rings. The van der Waals surface area contributed by atoms with Crippen LogP contribution in [0.2, 0.25) is 0 Å². The molecular weight excluding hydrogens is 288 g/mol. The van der Waals surface area contributed by atoms with E-state index in [-0.39, 0.29) is 11.7 Å². The summed E-state index contributed by atoms with van der Waals surface area (Å²) in [5, 5.41) is 0. The molecule has 120 valence electrons. The van der Waals surface area contributed by atoms with Crippen LogP contribution in [0, 0.1) is 24.7 Å². The number of ketones is 3. The molecule has 0 amide bonds. The molecule has 23 heavy (non-hydrogen) atoms. The number of rotatable bonds is 4. The number of benzene rings is 1. The summed E-state index contributed by atoms with van der Waals surface area (Å²) in [5.41, 5.74) is 2.79. The molecule has 0 saturated heterocycles. The Hall–Kier alpha value is -2.03. The Morgan fingerprint density at radius 2 is 1.87 bits per heavy atom. The van der Waals surface area contributed by atoms with Gasteiger partial charge in [0.15, 0.2) is 5.78 Å². The average molecular weight is 310 g/mol. The van der Waals surface area contributed by atoms with E-state index < -0.39 is 11.6 Å². The zero-order chi connectivity index (χ0) is 16.9. The number of allylic oxidation sites excluding steroid dienone is 1. The summed E-state index contributed by atoms with van der Waals surface area (Å²) in [7, 11) is 0. The lowest BCUT2D eigenvalue weighted by molar-refractivity contribution is -0.112. The highest BCUT2D eigenvalue weighted by atomic mass is 16.2. The maximum Gasteiger partial charge on any atom is 0.234 e. The Bertz CT molecular complexity index is 752. The maximum absolute atomic E-state index is 12.7. The molecule has 0 N–H and O–H groups in total. The van der Waals surface area contributed by atoms with Crippen LogP contribution >= 0.6 is 0 Å². The van der Waals surface area contributed by atoms with Crippen molar-refractivity contribution >= 4 is 23.4 Å². The van der Waals surface area contributed by atoms with Crippen molar-refractivity contribution in [2.24, 2.45) is 17.8 Å². The van der Waals surface area contributed by atoms with E-state index in [0.717, 1.165) is 12.0 Å². The molecule has 1 fully saturated rings. The van der Waals surface area contributed by atoms with Crippen LogP contribution in [-0.2, 0) is 4.79 Å². The summed E-state index contributed by atoms with van der Waals surface area (Å²) < 4.78 is 0. The van der Waals surface area contributed by atoms with Gasteiger partial charge in [-0.15, -0.1) is 0 Å². The third-order valence-electron chi connectivity index (χ3n) is 5.08. The molecule has 3 nitrogen and oxygen atoms in total. The van der Waals surface area contributed by atoms with E-state index in [1.54, 1.807) is 6.08 Å². The summed E-state index contributed by atoms with van der Waals surface area (Å²) >= 11 is 0. The van der Waals surface area contributed by atoms with Crippen molar-refractivity contribution in [2.45, 2.75) is 40.5 Å². The molecule has 0 unspecified atom stereocenters. The first-order valence-corrected chi connectivity index (χ1v) is 8.28. The standard InChI is InChI=1S/C20H22O3/c1-10(2)15-8-13-6-5-11(3)17(18(13)20(23)19(15)22)16(21)9-14-7-12(14)4/h5-6,8,10,12,14H,7,9H2,1-4H3/t12-,14+/m0/s1. The molecule has 3 heteroatoms. The lowest BCUT2D eigenvalue weighted by atomic mass is 9.80. The highest BCUT2D eigenvalue weighted by molar-refractivity contribution is 6.52. The zero-order valence-corrected chi connectivity index (χ0v) is 14.1. The SMILES string of the molecule is Cc1ccc2c(c1C(=O)C[C@H]1C[C@@H]1C)C(=O)C(=O)C(C(C)C)=C2. The number of carbonyl (C=O) groups is 3. The van der Waals surface area contributed by atoms with Crippen molar-refractivity contribution in [2.75, 3.05) is 0 Å². The number of fused-ring (bicyclic) bond motifs is 1. The van der Waals surface area contributed by atoms with Gasteiger partial charge in [0, 0.05) is 23.1 Å². The molecule has 0 aliphatic heterocycles. The molecule has 1 saturated carbocycles. The Kier molecular flexibility index (Phi) is 3.83. The minimum Gasteiger partial charge on any atom is -0.294 e. The predicted molar refractivity (Wildman–Crippen MR) is 89.6 cm³/mol. The van der Waals surface area contributed by atoms with Crippen molar-refractivity contribution in [1.82, 2.24) is 0 Å². The third kappa shape index (κ3) is 2.69. The monoisotopic (exact) mass is 310 g/mol. The van der Waals surface area contributed by atoms with Gasteiger partial charge in [0.1, 0.15) is 0 Å². The quantitative estimate of drug-likeness (QED) is 0.623. The normalized spacial score (nSPS) is 22.9. The molecule has 2 aliphatic rings. The van der Waals surface area contributed by atoms with Gasteiger partial charge >= 0.3 is 0 Å². The van der Waals surface area contributed by atoms with E-state index in [4.69, 9.17) is 0 Å². The summed E-state index contributed by atoms with van der Waals surface area (Å²) in [4.78, 5) is 37.7. The van der Waals surface area contributed by atoms with E-state index in [1.807, 2.05) is 32.9 Å². The fraction of sp³-hybridized carbons (Fsp3) is 0.450. The van der Waals surface area contributed by atoms with Crippen LogP contribution in [0.5, 0.6) is 0 Å². The molecule has 0 radical (unpaired) electrons.